The molecule has 1 heterocycles. The second-order valence-corrected chi connectivity index (χ2v) is 2.71. The van der Waals surface area contributed by atoms with Gasteiger partial charge in [-0.3, -0.25) is 0 Å². The zero-order valence-electron chi connectivity index (χ0n) is 5.39. The van der Waals surface area contributed by atoms with Crippen LogP contribution in [0.1, 0.15) is 6.92 Å². The van der Waals surface area contributed by atoms with Crippen LogP contribution in [0, 0.1) is 5.92 Å². The third-order valence-electron chi connectivity index (χ3n) is 1.70. The van der Waals surface area contributed by atoms with E-state index in [-0.39, 0.29) is 5.92 Å². The van der Waals surface area contributed by atoms with Crippen molar-refractivity contribution < 1.29 is 4.39 Å². The van der Waals surface area contributed by atoms with E-state index in [9.17, 15) is 4.39 Å². The summed E-state index contributed by atoms with van der Waals surface area (Å²) in [4.78, 5) is 2.02. The van der Waals surface area contributed by atoms with Crippen molar-refractivity contribution in [3.8, 4) is 0 Å². The Bertz CT molecular complexity index is 74.6. The van der Waals surface area contributed by atoms with Gasteiger partial charge < -0.3 is 4.90 Å². The van der Waals surface area contributed by atoms with Crippen molar-refractivity contribution >= 4 is 0 Å². The molecule has 1 aliphatic heterocycles. The first-order valence-corrected chi connectivity index (χ1v) is 3.03. The predicted molar refractivity (Wildman–Crippen MR) is 31.6 cm³/mol. The van der Waals surface area contributed by atoms with E-state index in [0.29, 0.717) is 6.54 Å². The maximum Gasteiger partial charge on any atom is 0.116 e. The number of hydrogen-bond acceptors (Lipinski definition) is 1. The molecule has 1 aliphatic rings. The minimum Gasteiger partial charge on any atom is -0.303 e. The summed E-state index contributed by atoms with van der Waals surface area (Å²) in [5.74, 6) is 0.250. The molecule has 0 bridgehead atoms. The fraction of sp³-hybridized carbons (Fsp3) is 1.00. The van der Waals surface area contributed by atoms with Gasteiger partial charge in [0.15, 0.2) is 0 Å². The summed E-state index contributed by atoms with van der Waals surface area (Å²) in [6, 6.07) is 0. The van der Waals surface area contributed by atoms with Crippen LogP contribution >= 0.6 is 0 Å². The molecule has 1 unspecified atom stereocenters. The molecule has 0 spiro atoms. The Morgan fingerprint density at radius 3 is 2.25 bits per heavy atom. The molecule has 0 aromatic carbocycles. The van der Waals surface area contributed by atoms with Crippen LogP contribution in [0.15, 0.2) is 0 Å². The lowest BCUT2D eigenvalue weighted by Crippen LogP contribution is -2.13. The van der Waals surface area contributed by atoms with Crippen LogP contribution < -0.4 is 0 Å². The average molecular weight is 117 g/mol. The first kappa shape index (κ1) is 6.02. The van der Waals surface area contributed by atoms with Crippen molar-refractivity contribution in [3.05, 3.63) is 0 Å². The molecule has 1 rings (SSSR count). The van der Waals surface area contributed by atoms with Gasteiger partial charge in [0.25, 0.3) is 0 Å². The minimum absolute atomic E-state index is 0.250. The van der Waals surface area contributed by atoms with Crippen LogP contribution in [0.3, 0.4) is 0 Å². The third-order valence-corrected chi connectivity index (χ3v) is 1.70. The maximum atomic E-state index is 12.5. The number of nitrogens with zero attached hydrogens (tertiary/aromatic N) is 1. The molecule has 0 saturated carbocycles. The summed E-state index contributed by atoms with van der Waals surface area (Å²) >= 11 is 0. The highest BCUT2D eigenvalue weighted by atomic mass is 19.1. The molecule has 1 fully saturated rings. The van der Waals surface area contributed by atoms with E-state index < -0.39 is 6.17 Å². The Labute approximate surface area is 49.5 Å². The summed E-state index contributed by atoms with van der Waals surface area (Å²) in [7, 11) is 1.95. The van der Waals surface area contributed by atoms with Crippen molar-refractivity contribution in [2.75, 3.05) is 20.1 Å². The van der Waals surface area contributed by atoms with E-state index in [1.54, 1.807) is 0 Å². The molecule has 0 radical (unpaired) electrons. The zero-order valence-corrected chi connectivity index (χ0v) is 5.39. The number of halogens is 1. The molecular formula is C6H12FN. The molecule has 1 saturated heterocycles. The highest BCUT2D eigenvalue weighted by Crippen LogP contribution is 2.16. The molecule has 2 atom stereocenters. The molecule has 2 heteroatoms. The van der Waals surface area contributed by atoms with Gasteiger partial charge in [0, 0.05) is 19.0 Å². The van der Waals surface area contributed by atoms with Gasteiger partial charge in [0.1, 0.15) is 6.17 Å². The van der Waals surface area contributed by atoms with E-state index in [1.165, 1.54) is 0 Å². The van der Waals surface area contributed by atoms with Gasteiger partial charge in [-0.2, -0.15) is 0 Å². The third kappa shape index (κ3) is 0.996. The monoisotopic (exact) mass is 117 g/mol. The van der Waals surface area contributed by atoms with Gasteiger partial charge >= 0.3 is 0 Å². The van der Waals surface area contributed by atoms with E-state index in [2.05, 4.69) is 0 Å². The van der Waals surface area contributed by atoms with Crippen LogP contribution in [0.4, 0.5) is 4.39 Å². The van der Waals surface area contributed by atoms with E-state index in [4.69, 9.17) is 0 Å². The fourth-order valence-electron chi connectivity index (χ4n) is 1.16. The number of alkyl halides is 1. The molecule has 48 valence electrons. The lowest BCUT2D eigenvalue weighted by atomic mass is 10.1. The number of likely N-dealkylation sites (tertiary alicyclic amines) is 1. The summed E-state index contributed by atoms with van der Waals surface area (Å²) in [5.41, 5.74) is 0. The summed E-state index contributed by atoms with van der Waals surface area (Å²) in [6.07, 6.45) is -0.583. The lowest BCUT2D eigenvalue weighted by Gasteiger charge is -2.02. The van der Waals surface area contributed by atoms with Gasteiger partial charge in [-0.25, -0.2) is 4.39 Å². The van der Waals surface area contributed by atoms with Crippen LogP contribution in [-0.4, -0.2) is 31.2 Å². The summed E-state index contributed by atoms with van der Waals surface area (Å²) < 4.78 is 12.5. The Morgan fingerprint density at radius 1 is 1.50 bits per heavy atom. The Balaban J connectivity index is 2.39. The minimum atomic E-state index is -0.583. The Kier molecular flexibility index (Phi) is 1.52. The summed E-state index contributed by atoms with van der Waals surface area (Å²) in [5, 5.41) is 0. The lowest BCUT2D eigenvalue weighted by molar-refractivity contribution is 0.289. The second kappa shape index (κ2) is 2.02. The highest BCUT2D eigenvalue weighted by Gasteiger charge is 2.26. The van der Waals surface area contributed by atoms with Gasteiger partial charge in [0.05, 0.1) is 0 Å². The first-order valence-electron chi connectivity index (χ1n) is 3.03. The standard InChI is InChI=1S/C6H12FN/c1-5-3-8(2)4-6(5)7/h5-6H,3-4H2,1-2H3/t5-,6?/m1/s1. The number of rotatable bonds is 0. The average Bonchev–Trinajstić information content (AvgIpc) is 1.85. The molecule has 0 amide bonds. The number of hydrogen-bond donors (Lipinski definition) is 0. The van der Waals surface area contributed by atoms with Gasteiger partial charge in [-0.05, 0) is 7.05 Å². The molecule has 0 N–H and O–H groups in total. The quantitative estimate of drug-likeness (QED) is 0.455. The second-order valence-electron chi connectivity index (χ2n) is 2.71. The Hall–Kier alpha value is -0.110. The topological polar surface area (TPSA) is 3.24 Å². The fourth-order valence-corrected chi connectivity index (χ4v) is 1.16. The van der Waals surface area contributed by atoms with Crippen molar-refractivity contribution in [3.63, 3.8) is 0 Å². The molecule has 8 heavy (non-hydrogen) atoms. The van der Waals surface area contributed by atoms with Gasteiger partial charge in [0.2, 0.25) is 0 Å². The highest BCUT2D eigenvalue weighted by molar-refractivity contribution is 4.78. The van der Waals surface area contributed by atoms with E-state index in [1.807, 2.05) is 18.9 Å². The van der Waals surface area contributed by atoms with Crippen molar-refractivity contribution in [1.82, 2.24) is 4.90 Å². The maximum absolute atomic E-state index is 12.5. The van der Waals surface area contributed by atoms with Crippen molar-refractivity contribution in [2.45, 2.75) is 13.1 Å². The summed E-state index contributed by atoms with van der Waals surface area (Å²) in [6.45, 7) is 3.50. The smallest absolute Gasteiger partial charge is 0.116 e. The molecular weight excluding hydrogens is 105 g/mol. The van der Waals surface area contributed by atoms with Crippen molar-refractivity contribution in [1.29, 1.82) is 0 Å². The van der Waals surface area contributed by atoms with E-state index >= 15 is 0 Å². The Morgan fingerprint density at radius 2 is 2.12 bits per heavy atom. The van der Waals surface area contributed by atoms with E-state index in [0.717, 1.165) is 6.54 Å². The molecule has 0 aliphatic carbocycles. The first-order chi connectivity index (χ1) is 3.70. The SMILES string of the molecule is C[C@@H]1CN(C)CC1F. The zero-order chi connectivity index (χ0) is 6.15. The van der Waals surface area contributed by atoms with Crippen LogP contribution in [-0.2, 0) is 0 Å². The molecule has 1 nitrogen and oxygen atoms in total. The largest absolute Gasteiger partial charge is 0.303 e. The van der Waals surface area contributed by atoms with Gasteiger partial charge in [-0.1, -0.05) is 6.92 Å². The van der Waals surface area contributed by atoms with Gasteiger partial charge in [-0.15, -0.1) is 0 Å². The van der Waals surface area contributed by atoms with Crippen LogP contribution in [0.5, 0.6) is 0 Å². The van der Waals surface area contributed by atoms with Crippen molar-refractivity contribution in [2.24, 2.45) is 5.92 Å². The normalized spacial score (nSPS) is 40.9. The molecule has 0 aromatic heterocycles. The van der Waals surface area contributed by atoms with Crippen LogP contribution in [0.2, 0.25) is 0 Å². The van der Waals surface area contributed by atoms with Crippen LogP contribution in [0.25, 0.3) is 0 Å². The molecule has 0 aromatic rings. The predicted octanol–water partition coefficient (Wildman–Crippen LogP) is 0.906.